The Balaban J connectivity index is 0.00000220. The molecule has 0 amide bonds. The Hall–Kier alpha value is -0.830. The minimum absolute atomic E-state index is 0. The molecule has 1 saturated heterocycles. The maximum Gasteiger partial charge on any atom is 0.191 e. The zero-order valence-corrected chi connectivity index (χ0v) is 15.5. The molecule has 1 fully saturated rings. The summed E-state index contributed by atoms with van der Waals surface area (Å²) in [7, 11) is 3.76. The first-order valence-corrected chi connectivity index (χ1v) is 7.40. The van der Waals surface area contributed by atoms with Crippen LogP contribution in [0, 0.1) is 0 Å². The van der Waals surface area contributed by atoms with Crippen LogP contribution in [0.15, 0.2) is 17.3 Å². The van der Waals surface area contributed by atoms with E-state index in [9.17, 15) is 0 Å². The van der Waals surface area contributed by atoms with Crippen molar-refractivity contribution < 1.29 is 0 Å². The topological polar surface area (TPSA) is 57.5 Å². The fraction of sp³-hybridized carbons (Fsp3) is 0.714. The Kier molecular flexibility index (Phi) is 8.02. The van der Waals surface area contributed by atoms with Crippen LogP contribution in [0.5, 0.6) is 0 Å². The number of aromatic nitrogens is 2. The normalized spacial score (nSPS) is 19.4. The van der Waals surface area contributed by atoms with Crippen molar-refractivity contribution in [2.75, 3.05) is 26.7 Å². The van der Waals surface area contributed by atoms with Gasteiger partial charge < -0.3 is 10.6 Å². The molecule has 0 aliphatic carbocycles. The predicted octanol–water partition coefficient (Wildman–Crippen LogP) is 1.19. The number of nitrogens with zero attached hydrogens (tertiary/aromatic N) is 4. The Morgan fingerprint density at radius 1 is 1.48 bits per heavy atom. The van der Waals surface area contributed by atoms with Crippen LogP contribution in [0.2, 0.25) is 0 Å². The minimum Gasteiger partial charge on any atom is -0.355 e. The smallest absolute Gasteiger partial charge is 0.191 e. The molecule has 1 aliphatic heterocycles. The molecular formula is C14H27IN6. The lowest BCUT2D eigenvalue weighted by atomic mass is 10.2. The van der Waals surface area contributed by atoms with E-state index in [2.05, 4.69) is 32.5 Å². The molecule has 21 heavy (non-hydrogen) atoms. The van der Waals surface area contributed by atoms with E-state index in [-0.39, 0.29) is 24.0 Å². The number of halogens is 1. The lowest BCUT2D eigenvalue weighted by Gasteiger charge is -2.23. The number of likely N-dealkylation sites (tertiary alicyclic amines) is 1. The number of rotatable bonds is 5. The van der Waals surface area contributed by atoms with Gasteiger partial charge in [0.2, 0.25) is 0 Å². The molecule has 6 nitrogen and oxygen atoms in total. The second kappa shape index (κ2) is 9.24. The van der Waals surface area contributed by atoms with E-state index < -0.39 is 0 Å². The van der Waals surface area contributed by atoms with Crippen molar-refractivity contribution >= 4 is 29.9 Å². The van der Waals surface area contributed by atoms with Gasteiger partial charge in [0, 0.05) is 32.9 Å². The van der Waals surface area contributed by atoms with Crippen LogP contribution >= 0.6 is 24.0 Å². The number of nitrogens with one attached hydrogen (secondary N) is 2. The van der Waals surface area contributed by atoms with Gasteiger partial charge in [0.15, 0.2) is 5.96 Å². The van der Waals surface area contributed by atoms with Crippen LogP contribution in [0.1, 0.15) is 25.5 Å². The van der Waals surface area contributed by atoms with Crippen molar-refractivity contribution in [2.24, 2.45) is 12.0 Å². The minimum atomic E-state index is 0. The molecule has 0 bridgehead atoms. The number of aliphatic imine (C=N–C) groups is 1. The lowest BCUT2D eigenvalue weighted by Crippen LogP contribution is -2.44. The molecule has 2 heterocycles. The maximum atomic E-state index is 4.28. The highest BCUT2D eigenvalue weighted by Gasteiger charge is 2.22. The molecule has 0 spiro atoms. The van der Waals surface area contributed by atoms with Gasteiger partial charge in [0.1, 0.15) is 0 Å². The molecule has 0 saturated carbocycles. The summed E-state index contributed by atoms with van der Waals surface area (Å²) < 4.78 is 1.87. The summed E-state index contributed by atoms with van der Waals surface area (Å²) >= 11 is 0. The SMILES string of the molecule is CCN1CCCC1CNC(=NC)NCc1ccnn1C.I. The van der Waals surface area contributed by atoms with Gasteiger partial charge in [-0.05, 0) is 32.0 Å². The number of hydrogen-bond donors (Lipinski definition) is 2. The van der Waals surface area contributed by atoms with Gasteiger partial charge in [0.05, 0.1) is 12.2 Å². The summed E-state index contributed by atoms with van der Waals surface area (Å²) in [6, 6.07) is 2.64. The van der Waals surface area contributed by atoms with Gasteiger partial charge in [-0.25, -0.2) is 0 Å². The summed E-state index contributed by atoms with van der Waals surface area (Å²) in [4.78, 5) is 6.80. The van der Waals surface area contributed by atoms with Gasteiger partial charge >= 0.3 is 0 Å². The Labute approximate surface area is 144 Å². The molecule has 1 aliphatic rings. The molecule has 1 atom stereocenters. The molecular weight excluding hydrogens is 379 g/mol. The van der Waals surface area contributed by atoms with Crippen molar-refractivity contribution in [3.05, 3.63) is 18.0 Å². The van der Waals surface area contributed by atoms with Gasteiger partial charge in [-0.1, -0.05) is 6.92 Å². The molecule has 120 valence electrons. The molecule has 7 heteroatoms. The Morgan fingerprint density at radius 2 is 2.29 bits per heavy atom. The van der Waals surface area contributed by atoms with Crippen molar-refractivity contribution in [3.8, 4) is 0 Å². The second-order valence-corrected chi connectivity index (χ2v) is 5.18. The average molecular weight is 406 g/mol. The summed E-state index contributed by atoms with van der Waals surface area (Å²) in [5.74, 6) is 0.856. The van der Waals surface area contributed by atoms with E-state index >= 15 is 0 Å². The van der Waals surface area contributed by atoms with Crippen molar-refractivity contribution in [1.82, 2.24) is 25.3 Å². The van der Waals surface area contributed by atoms with Crippen molar-refractivity contribution in [3.63, 3.8) is 0 Å². The van der Waals surface area contributed by atoms with Gasteiger partial charge in [-0.3, -0.25) is 14.6 Å². The third-order valence-electron chi connectivity index (χ3n) is 3.99. The van der Waals surface area contributed by atoms with Crippen LogP contribution in [-0.2, 0) is 13.6 Å². The van der Waals surface area contributed by atoms with Crippen LogP contribution in [-0.4, -0.2) is 53.4 Å². The molecule has 1 unspecified atom stereocenters. The summed E-state index contributed by atoms with van der Waals surface area (Å²) in [6.45, 7) is 6.28. The highest BCUT2D eigenvalue weighted by Crippen LogP contribution is 2.15. The van der Waals surface area contributed by atoms with Crippen LogP contribution in [0.3, 0.4) is 0 Å². The Morgan fingerprint density at radius 3 is 2.90 bits per heavy atom. The van der Waals surface area contributed by atoms with E-state index in [1.807, 2.05) is 31.0 Å². The predicted molar refractivity (Wildman–Crippen MR) is 97.1 cm³/mol. The summed E-state index contributed by atoms with van der Waals surface area (Å²) in [5, 5.41) is 10.9. The molecule has 0 aromatic carbocycles. The van der Waals surface area contributed by atoms with Crippen molar-refractivity contribution in [1.29, 1.82) is 0 Å². The molecule has 2 N–H and O–H groups in total. The number of likely N-dealkylation sites (N-methyl/N-ethyl adjacent to an activating group) is 1. The van der Waals surface area contributed by atoms with E-state index in [0.717, 1.165) is 31.3 Å². The van der Waals surface area contributed by atoms with E-state index in [1.165, 1.54) is 19.4 Å². The third-order valence-corrected chi connectivity index (χ3v) is 3.99. The van der Waals surface area contributed by atoms with Crippen molar-refractivity contribution in [2.45, 2.75) is 32.4 Å². The third kappa shape index (κ3) is 5.14. The number of aryl methyl sites for hydroxylation is 1. The Bertz CT molecular complexity index is 444. The fourth-order valence-electron chi connectivity index (χ4n) is 2.73. The molecule has 0 radical (unpaired) electrons. The van der Waals surface area contributed by atoms with E-state index in [0.29, 0.717) is 6.04 Å². The first kappa shape index (κ1) is 18.2. The highest BCUT2D eigenvalue weighted by atomic mass is 127. The first-order valence-electron chi connectivity index (χ1n) is 7.40. The highest BCUT2D eigenvalue weighted by molar-refractivity contribution is 14.0. The maximum absolute atomic E-state index is 4.28. The first-order chi connectivity index (χ1) is 9.74. The van der Waals surface area contributed by atoms with Gasteiger partial charge in [-0.15, -0.1) is 24.0 Å². The largest absolute Gasteiger partial charge is 0.355 e. The standard InChI is InChI=1S/C14H26N6.HI/c1-4-20-9-5-6-13(20)11-17-14(15-2)16-10-12-7-8-18-19(12)3;/h7-8,13H,4-6,9-11H2,1-3H3,(H2,15,16,17);1H. The zero-order valence-electron chi connectivity index (χ0n) is 13.2. The number of guanidine groups is 1. The quantitative estimate of drug-likeness (QED) is 0.438. The number of hydrogen-bond acceptors (Lipinski definition) is 3. The molecule has 1 aromatic heterocycles. The molecule has 2 rings (SSSR count). The second-order valence-electron chi connectivity index (χ2n) is 5.18. The van der Waals surface area contributed by atoms with Gasteiger partial charge in [0.25, 0.3) is 0 Å². The summed E-state index contributed by atoms with van der Waals surface area (Å²) in [5.41, 5.74) is 1.14. The zero-order chi connectivity index (χ0) is 14.4. The lowest BCUT2D eigenvalue weighted by molar-refractivity contribution is 0.267. The van der Waals surface area contributed by atoms with Gasteiger partial charge in [-0.2, -0.15) is 5.10 Å². The van der Waals surface area contributed by atoms with Crippen LogP contribution < -0.4 is 10.6 Å². The van der Waals surface area contributed by atoms with Crippen LogP contribution in [0.4, 0.5) is 0 Å². The van der Waals surface area contributed by atoms with E-state index in [1.54, 1.807) is 0 Å². The monoisotopic (exact) mass is 406 g/mol. The summed E-state index contributed by atoms with van der Waals surface area (Å²) in [6.07, 6.45) is 4.39. The molecule has 1 aromatic rings. The average Bonchev–Trinajstić information content (AvgIpc) is 3.08. The van der Waals surface area contributed by atoms with Crippen LogP contribution in [0.25, 0.3) is 0 Å². The fourth-order valence-corrected chi connectivity index (χ4v) is 2.73. The van der Waals surface area contributed by atoms with E-state index in [4.69, 9.17) is 0 Å².